The summed E-state index contributed by atoms with van der Waals surface area (Å²) in [5, 5.41) is 23.6. The van der Waals surface area contributed by atoms with Crippen LogP contribution >= 0.6 is 0 Å². The van der Waals surface area contributed by atoms with Crippen LogP contribution < -0.4 is 4.74 Å². The van der Waals surface area contributed by atoms with Gasteiger partial charge in [-0.2, -0.15) is 0 Å². The number of aromatic hydroxyl groups is 1. The molecule has 2 aromatic rings. The summed E-state index contributed by atoms with van der Waals surface area (Å²) in [5.41, 5.74) is 0.813. The van der Waals surface area contributed by atoms with Crippen molar-refractivity contribution in [3.63, 3.8) is 0 Å². The van der Waals surface area contributed by atoms with E-state index in [2.05, 4.69) is 5.16 Å². The largest absolute Gasteiger partial charge is 0.507 e. The first-order valence-corrected chi connectivity index (χ1v) is 12.1. The summed E-state index contributed by atoms with van der Waals surface area (Å²) in [7, 11) is 0. The molecule has 1 aliphatic heterocycles. The van der Waals surface area contributed by atoms with Crippen LogP contribution in [0.4, 0.5) is 0 Å². The molecule has 5 atom stereocenters. The molecule has 0 radical (unpaired) electrons. The van der Waals surface area contributed by atoms with Gasteiger partial charge in [-0.3, -0.25) is 19.2 Å². The monoisotopic (exact) mass is 559 g/mol. The SMILES string of the molecule is CC(=O)OC[C@@H]1O[C@@H](Oc2ccc(/C(=N/O)c3ccccc3)c(O)c2)[C@@H](OC(C)=O)[C@H](OC(C)=O)[C@H]1OC(C)=O. The van der Waals surface area contributed by atoms with Crippen LogP contribution in [0, 0.1) is 0 Å². The molecule has 0 unspecified atom stereocenters. The number of nitrogens with zero attached hydrogens (tertiary/aromatic N) is 1. The molecule has 0 bridgehead atoms. The van der Waals surface area contributed by atoms with Crippen molar-refractivity contribution in [2.45, 2.75) is 58.4 Å². The Labute approximate surface area is 229 Å². The normalized spacial score (nSPS) is 22.5. The van der Waals surface area contributed by atoms with Crippen molar-refractivity contribution < 1.29 is 57.9 Å². The fourth-order valence-electron chi connectivity index (χ4n) is 4.07. The van der Waals surface area contributed by atoms with Gasteiger partial charge in [0.15, 0.2) is 12.2 Å². The summed E-state index contributed by atoms with van der Waals surface area (Å²) < 4.78 is 32.9. The molecule has 40 heavy (non-hydrogen) atoms. The van der Waals surface area contributed by atoms with Gasteiger partial charge in [0, 0.05) is 44.9 Å². The summed E-state index contributed by atoms with van der Waals surface area (Å²) >= 11 is 0. The van der Waals surface area contributed by atoms with E-state index < -0.39 is 61.2 Å². The van der Waals surface area contributed by atoms with Crippen molar-refractivity contribution in [2.24, 2.45) is 5.16 Å². The predicted molar refractivity (Wildman–Crippen MR) is 135 cm³/mol. The van der Waals surface area contributed by atoms with Gasteiger partial charge in [0.05, 0.1) is 0 Å². The molecule has 1 heterocycles. The van der Waals surface area contributed by atoms with Crippen LogP contribution in [-0.2, 0) is 42.9 Å². The minimum absolute atomic E-state index is 0.0208. The third kappa shape index (κ3) is 7.69. The second-order valence-corrected chi connectivity index (χ2v) is 8.68. The van der Waals surface area contributed by atoms with Gasteiger partial charge in [-0.1, -0.05) is 35.5 Å². The lowest BCUT2D eigenvalue weighted by Gasteiger charge is -2.43. The minimum atomic E-state index is -1.48. The molecule has 214 valence electrons. The van der Waals surface area contributed by atoms with Gasteiger partial charge in [-0.05, 0) is 12.1 Å². The van der Waals surface area contributed by atoms with E-state index >= 15 is 0 Å². The van der Waals surface area contributed by atoms with Gasteiger partial charge < -0.3 is 38.7 Å². The van der Waals surface area contributed by atoms with Crippen LogP contribution in [0.1, 0.15) is 38.8 Å². The number of carbonyl (C=O) groups is 4. The zero-order valence-electron chi connectivity index (χ0n) is 22.1. The lowest BCUT2D eigenvalue weighted by molar-refractivity contribution is -0.288. The summed E-state index contributed by atoms with van der Waals surface area (Å²) in [6, 6.07) is 12.7. The lowest BCUT2D eigenvalue weighted by atomic mass is 9.98. The molecule has 1 saturated heterocycles. The number of rotatable bonds is 9. The van der Waals surface area contributed by atoms with Gasteiger partial charge in [0.1, 0.15) is 29.9 Å². The van der Waals surface area contributed by atoms with Crippen molar-refractivity contribution >= 4 is 29.6 Å². The van der Waals surface area contributed by atoms with Crippen molar-refractivity contribution in [3.8, 4) is 11.5 Å². The average Bonchev–Trinajstić information content (AvgIpc) is 2.88. The molecule has 2 aromatic carbocycles. The molecule has 1 aliphatic rings. The predicted octanol–water partition coefficient (Wildman–Crippen LogP) is 2.08. The molecule has 2 N–H and O–H groups in total. The zero-order valence-corrected chi connectivity index (χ0v) is 22.1. The molecule has 0 aliphatic carbocycles. The highest BCUT2D eigenvalue weighted by molar-refractivity contribution is 6.14. The molecule has 0 amide bonds. The second-order valence-electron chi connectivity index (χ2n) is 8.68. The third-order valence-corrected chi connectivity index (χ3v) is 5.57. The first-order chi connectivity index (χ1) is 19.0. The van der Waals surface area contributed by atoms with E-state index in [0.717, 1.165) is 27.7 Å². The molecule has 0 spiro atoms. The Morgan fingerprint density at radius 3 is 1.98 bits per heavy atom. The van der Waals surface area contributed by atoms with E-state index in [1.807, 2.05) is 0 Å². The fraction of sp³-hybridized carbons (Fsp3) is 0.370. The fourth-order valence-corrected chi connectivity index (χ4v) is 4.07. The minimum Gasteiger partial charge on any atom is -0.507 e. The number of carbonyl (C=O) groups excluding carboxylic acids is 4. The van der Waals surface area contributed by atoms with E-state index in [4.69, 9.17) is 28.4 Å². The average molecular weight is 560 g/mol. The number of ether oxygens (including phenoxy) is 6. The zero-order chi connectivity index (χ0) is 29.4. The standard InChI is InChI=1S/C27H29NO12/c1-14(29)35-13-22-24(36-15(2)30)25(37-16(3)31)26(38-17(4)32)27(40-22)39-19-10-11-20(21(33)12-19)23(28-34)18-8-6-5-7-9-18/h5-12,22,24-27,33-34H,13H2,1-4H3/b28-23+/t22-,24-,25+,26-,27+/m0/s1. The van der Waals surface area contributed by atoms with Crippen molar-refractivity contribution in [2.75, 3.05) is 6.61 Å². The molecule has 3 rings (SSSR count). The van der Waals surface area contributed by atoms with E-state index in [1.54, 1.807) is 30.3 Å². The van der Waals surface area contributed by atoms with Crippen LogP contribution in [-0.4, -0.2) is 77.2 Å². The number of oxime groups is 1. The van der Waals surface area contributed by atoms with Gasteiger partial charge in [-0.25, -0.2) is 0 Å². The maximum atomic E-state index is 12.0. The van der Waals surface area contributed by atoms with E-state index in [-0.39, 0.29) is 22.8 Å². The van der Waals surface area contributed by atoms with E-state index in [9.17, 15) is 29.5 Å². The lowest BCUT2D eigenvalue weighted by Crippen LogP contribution is -2.63. The van der Waals surface area contributed by atoms with Crippen LogP contribution in [0.3, 0.4) is 0 Å². The summed E-state index contributed by atoms with van der Waals surface area (Å²) in [6.07, 6.45) is -6.88. The van der Waals surface area contributed by atoms with Crippen molar-refractivity contribution in [1.82, 2.24) is 0 Å². The molecule has 0 aromatic heterocycles. The Morgan fingerprint density at radius 2 is 1.43 bits per heavy atom. The molecular weight excluding hydrogens is 530 g/mol. The molecule has 13 nitrogen and oxygen atoms in total. The van der Waals surface area contributed by atoms with Gasteiger partial charge in [0.25, 0.3) is 0 Å². The van der Waals surface area contributed by atoms with Gasteiger partial charge in [-0.15, -0.1) is 0 Å². The highest BCUT2D eigenvalue weighted by Gasteiger charge is 2.53. The second kappa shape index (κ2) is 13.4. The van der Waals surface area contributed by atoms with Crippen LogP contribution in [0.5, 0.6) is 11.5 Å². The quantitative estimate of drug-likeness (QED) is 0.151. The highest BCUT2D eigenvalue weighted by atomic mass is 16.7. The van der Waals surface area contributed by atoms with Crippen LogP contribution in [0.15, 0.2) is 53.7 Å². The first kappa shape index (κ1) is 29.9. The van der Waals surface area contributed by atoms with Crippen LogP contribution in [0.2, 0.25) is 0 Å². The smallest absolute Gasteiger partial charge is 0.303 e. The first-order valence-electron chi connectivity index (χ1n) is 12.1. The maximum Gasteiger partial charge on any atom is 0.303 e. The summed E-state index contributed by atoms with van der Waals surface area (Å²) in [6.45, 7) is 4.06. The summed E-state index contributed by atoms with van der Waals surface area (Å²) in [4.78, 5) is 47.3. The Kier molecular flexibility index (Phi) is 10.0. The maximum absolute atomic E-state index is 12.0. The van der Waals surface area contributed by atoms with E-state index in [1.165, 1.54) is 18.2 Å². The number of hydrogen-bond donors (Lipinski definition) is 2. The topological polar surface area (TPSA) is 176 Å². The molecular formula is C27H29NO12. The molecule has 1 fully saturated rings. The van der Waals surface area contributed by atoms with Crippen molar-refractivity contribution in [1.29, 1.82) is 0 Å². The Bertz CT molecular complexity index is 1260. The number of esters is 4. The van der Waals surface area contributed by atoms with Crippen LogP contribution in [0.25, 0.3) is 0 Å². The summed E-state index contributed by atoms with van der Waals surface area (Å²) in [5.74, 6) is -3.30. The highest BCUT2D eigenvalue weighted by Crippen LogP contribution is 2.33. The Hall–Kier alpha value is -4.65. The Balaban J connectivity index is 1.98. The van der Waals surface area contributed by atoms with E-state index in [0.29, 0.717) is 5.56 Å². The number of benzene rings is 2. The number of hydrogen-bond acceptors (Lipinski definition) is 13. The number of phenolic OH excluding ortho intramolecular Hbond substituents is 1. The molecule has 13 heteroatoms. The Morgan fingerprint density at radius 1 is 0.825 bits per heavy atom. The molecule has 0 saturated carbocycles. The van der Waals surface area contributed by atoms with Gasteiger partial charge >= 0.3 is 23.9 Å². The number of phenols is 1. The third-order valence-electron chi connectivity index (χ3n) is 5.57. The van der Waals surface area contributed by atoms with Crippen molar-refractivity contribution in [3.05, 3.63) is 59.7 Å². The van der Waals surface area contributed by atoms with Gasteiger partial charge in [0.2, 0.25) is 12.4 Å².